The van der Waals surface area contributed by atoms with Crippen LogP contribution >= 0.6 is 11.3 Å². The maximum Gasteiger partial charge on any atom is 0.280 e. The van der Waals surface area contributed by atoms with Gasteiger partial charge >= 0.3 is 0 Å². The summed E-state index contributed by atoms with van der Waals surface area (Å²) in [4.78, 5) is 18.6. The fraction of sp³-hybridized carbons (Fsp3) is 0.323. The van der Waals surface area contributed by atoms with Crippen molar-refractivity contribution in [2.45, 2.75) is 39.5 Å². The summed E-state index contributed by atoms with van der Waals surface area (Å²) >= 11 is 1.36. The van der Waals surface area contributed by atoms with E-state index in [1.807, 2.05) is 77.1 Å². The van der Waals surface area contributed by atoms with Crippen LogP contribution in [0.4, 0.5) is 5.13 Å². The predicted octanol–water partition coefficient (Wildman–Crippen LogP) is 6.60. The van der Waals surface area contributed by atoms with Crippen molar-refractivity contribution in [3.63, 3.8) is 0 Å². The molecule has 0 N–H and O–H groups in total. The van der Waals surface area contributed by atoms with Crippen LogP contribution in [0.25, 0.3) is 10.2 Å². The van der Waals surface area contributed by atoms with E-state index in [1.54, 1.807) is 13.3 Å². The van der Waals surface area contributed by atoms with Gasteiger partial charge in [0.25, 0.3) is 5.91 Å². The number of rotatable bonds is 11. The molecule has 0 atom stereocenters. The summed E-state index contributed by atoms with van der Waals surface area (Å²) < 4.78 is 34.6. The highest BCUT2D eigenvalue weighted by atomic mass is 32.2. The van der Waals surface area contributed by atoms with E-state index >= 15 is 0 Å². The van der Waals surface area contributed by atoms with Crippen LogP contribution in [0.1, 0.15) is 49.2 Å². The van der Waals surface area contributed by atoms with Gasteiger partial charge in [0, 0.05) is 18.7 Å². The monoisotopic (exact) mass is 592 g/mol. The zero-order valence-electron chi connectivity index (χ0n) is 24.2. The standard InChI is InChI=1S/C31H36N4O4S2/c1-21(2)19-34(20-22(3)4)41(37,38)27-14-10-25(11-15-27)30(36)35(32-18-24-8-12-26(39-6)13-9-24)31-33-28-16-7-23(5)17-29(28)40-31/h7-18,21-22H,19-20H2,1-6H3/b32-18+. The lowest BCUT2D eigenvalue weighted by atomic mass is 10.2. The number of amides is 1. The van der Waals surface area contributed by atoms with Crippen molar-refractivity contribution in [1.82, 2.24) is 9.29 Å². The number of ether oxygens (including phenoxy) is 1. The quantitative estimate of drug-likeness (QED) is 0.145. The number of fused-ring (bicyclic) bond motifs is 1. The molecule has 0 spiro atoms. The first-order valence-corrected chi connectivity index (χ1v) is 15.7. The topological polar surface area (TPSA) is 92.2 Å². The molecule has 0 bridgehead atoms. The third-order valence-electron chi connectivity index (χ3n) is 6.22. The van der Waals surface area contributed by atoms with Gasteiger partial charge < -0.3 is 4.74 Å². The van der Waals surface area contributed by atoms with E-state index in [2.05, 4.69) is 10.1 Å². The Morgan fingerprint density at radius 1 is 0.976 bits per heavy atom. The molecule has 4 rings (SSSR count). The molecule has 0 radical (unpaired) electrons. The normalized spacial score (nSPS) is 12.2. The third-order valence-corrected chi connectivity index (χ3v) is 9.06. The number of thiazole rings is 1. The van der Waals surface area contributed by atoms with Crippen molar-refractivity contribution in [3.8, 4) is 5.75 Å². The summed E-state index contributed by atoms with van der Waals surface area (Å²) in [7, 11) is -2.12. The van der Waals surface area contributed by atoms with Gasteiger partial charge in [0.1, 0.15) is 5.75 Å². The van der Waals surface area contributed by atoms with Crippen molar-refractivity contribution < 1.29 is 17.9 Å². The Labute approximate surface area is 246 Å². The predicted molar refractivity (Wildman–Crippen MR) is 167 cm³/mol. The van der Waals surface area contributed by atoms with E-state index in [-0.39, 0.29) is 16.7 Å². The fourth-order valence-corrected chi connectivity index (χ4v) is 7.03. The lowest BCUT2D eigenvalue weighted by Crippen LogP contribution is -2.37. The van der Waals surface area contributed by atoms with Gasteiger partial charge in [0.05, 0.1) is 28.4 Å². The molecular weight excluding hydrogens is 556 g/mol. The zero-order chi connectivity index (χ0) is 29.7. The van der Waals surface area contributed by atoms with Gasteiger partial charge in [-0.05, 0) is 90.6 Å². The molecule has 1 heterocycles. The molecule has 0 fully saturated rings. The van der Waals surface area contributed by atoms with E-state index in [9.17, 15) is 13.2 Å². The number of hydrogen-bond acceptors (Lipinski definition) is 7. The summed E-state index contributed by atoms with van der Waals surface area (Å²) in [5.74, 6) is 0.654. The molecule has 216 valence electrons. The van der Waals surface area contributed by atoms with Gasteiger partial charge in [-0.3, -0.25) is 4.79 Å². The summed E-state index contributed by atoms with van der Waals surface area (Å²) in [6.07, 6.45) is 1.59. The summed E-state index contributed by atoms with van der Waals surface area (Å²) in [5.41, 5.74) is 2.93. The van der Waals surface area contributed by atoms with Gasteiger partial charge in [-0.1, -0.05) is 45.1 Å². The summed E-state index contributed by atoms with van der Waals surface area (Å²) in [6.45, 7) is 10.8. The minimum Gasteiger partial charge on any atom is -0.497 e. The van der Waals surface area contributed by atoms with Crippen LogP contribution in [-0.4, -0.2) is 50.0 Å². The molecule has 0 aliphatic carbocycles. The molecule has 0 unspecified atom stereocenters. The molecule has 3 aromatic carbocycles. The Balaban J connectivity index is 1.68. The van der Waals surface area contributed by atoms with Gasteiger partial charge in [-0.15, -0.1) is 0 Å². The molecule has 1 amide bonds. The molecule has 10 heteroatoms. The van der Waals surface area contributed by atoms with E-state index in [1.165, 1.54) is 44.9 Å². The van der Waals surface area contributed by atoms with Crippen molar-refractivity contribution in [2.24, 2.45) is 16.9 Å². The largest absolute Gasteiger partial charge is 0.497 e. The second kappa shape index (κ2) is 12.9. The lowest BCUT2D eigenvalue weighted by molar-refractivity contribution is 0.0987. The fourth-order valence-electron chi connectivity index (χ4n) is 4.24. The van der Waals surface area contributed by atoms with Gasteiger partial charge in [0.2, 0.25) is 15.2 Å². The number of carbonyl (C=O) groups excluding carboxylic acids is 1. The molecule has 0 saturated carbocycles. The highest BCUT2D eigenvalue weighted by molar-refractivity contribution is 7.89. The number of methoxy groups -OCH3 is 1. The number of nitrogens with zero attached hydrogens (tertiary/aromatic N) is 4. The van der Waals surface area contributed by atoms with E-state index in [4.69, 9.17) is 4.74 Å². The number of aryl methyl sites for hydroxylation is 1. The second-order valence-electron chi connectivity index (χ2n) is 10.7. The molecule has 0 aliphatic rings. The third kappa shape index (κ3) is 7.38. The van der Waals surface area contributed by atoms with Crippen molar-refractivity contribution in [2.75, 3.05) is 25.2 Å². The van der Waals surface area contributed by atoms with Crippen molar-refractivity contribution in [1.29, 1.82) is 0 Å². The van der Waals surface area contributed by atoms with Crippen molar-refractivity contribution in [3.05, 3.63) is 83.4 Å². The Hall–Kier alpha value is -3.60. The van der Waals surface area contributed by atoms with Gasteiger partial charge in [0.15, 0.2) is 0 Å². The van der Waals surface area contributed by atoms with Crippen LogP contribution < -0.4 is 9.75 Å². The van der Waals surface area contributed by atoms with Crippen LogP contribution in [0.3, 0.4) is 0 Å². The Bertz CT molecular complexity index is 1620. The molecule has 8 nitrogen and oxygen atoms in total. The van der Waals surface area contributed by atoms with Crippen LogP contribution in [0, 0.1) is 18.8 Å². The molecule has 4 aromatic rings. The molecule has 41 heavy (non-hydrogen) atoms. The lowest BCUT2D eigenvalue weighted by Gasteiger charge is -2.25. The van der Waals surface area contributed by atoms with Crippen molar-refractivity contribution >= 4 is 48.8 Å². The number of aromatic nitrogens is 1. The maximum atomic E-state index is 13.8. The number of hydrogen-bond donors (Lipinski definition) is 0. The molecule has 0 saturated heterocycles. The maximum absolute atomic E-state index is 13.8. The number of carbonyl (C=O) groups is 1. The summed E-state index contributed by atoms with van der Waals surface area (Å²) in [6, 6.07) is 19.3. The Morgan fingerprint density at radius 3 is 2.20 bits per heavy atom. The van der Waals surface area contributed by atoms with Crippen LogP contribution in [-0.2, 0) is 10.0 Å². The Morgan fingerprint density at radius 2 is 1.61 bits per heavy atom. The number of benzene rings is 3. The average molecular weight is 593 g/mol. The molecule has 0 aliphatic heterocycles. The van der Waals surface area contributed by atoms with E-state index < -0.39 is 15.9 Å². The highest BCUT2D eigenvalue weighted by Crippen LogP contribution is 2.31. The van der Waals surface area contributed by atoms with E-state index in [0.29, 0.717) is 29.5 Å². The summed E-state index contributed by atoms with van der Waals surface area (Å²) in [5, 5.41) is 6.19. The smallest absolute Gasteiger partial charge is 0.280 e. The van der Waals surface area contributed by atoms with Gasteiger partial charge in [-0.25, -0.2) is 13.4 Å². The SMILES string of the molecule is COc1ccc(/C=N/N(C(=O)c2ccc(S(=O)(=O)N(CC(C)C)CC(C)C)cc2)c2nc3ccc(C)cc3s2)cc1. The highest BCUT2D eigenvalue weighted by Gasteiger charge is 2.27. The van der Waals surface area contributed by atoms with Crippen LogP contribution in [0.5, 0.6) is 5.75 Å². The van der Waals surface area contributed by atoms with Crippen LogP contribution in [0.2, 0.25) is 0 Å². The number of hydrazone groups is 1. The number of anilines is 1. The average Bonchev–Trinajstić information content (AvgIpc) is 3.35. The van der Waals surface area contributed by atoms with Crippen LogP contribution in [0.15, 0.2) is 76.7 Å². The number of sulfonamides is 1. The first-order valence-electron chi connectivity index (χ1n) is 13.5. The molecule has 1 aromatic heterocycles. The van der Waals surface area contributed by atoms with Gasteiger partial charge in [-0.2, -0.15) is 14.4 Å². The van der Waals surface area contributed by atoms with E-state index in [0.717, 1.165) is 21.3 Å². The zero-order valence-corrected chi connectivity index (χ0v) is 25.9. The minimum absolute atomic E-state index is 0.152. The minimum atomic E-state index is -3.72. The first kappa shape index (κ1) is 30.4. The Kier molecular flexibility index (Phi) is 9.57. The second-order valence-corrected chi connectivity index (χ2v) is 13.7. The first-order chi connectivity index (χ1) is 19.5. The molecular formula is C31H36N4O4S2.